The minimum Gasteiger partial charge on any atom is -0.481 e. The topological polar surface area (TPSA) is 108 Å². The maximum atomic E-state index is 12.6. The third-order valence-electron chi connectivity index (χ3n) is 6.50. The van der Waals surface area contributed by atoms with Gasteiger partial charge in [-0.2, -0.15) is 4.98 Å². The summed E-state index contributed by atoms with van der Waals surface area (Å²) < 4.78 is 5.96. The zero-order chi connectivity index (χ0) is 22.9. The lowest BCUT2D eigenvalue weighted by Gasteiger charge is -2.25. The normalized spacial score (nSPS) is 20.8. The number of hydrogen-bond acceptors (Lipinski definition) is 5. The molecule has 1 aliphatic heterocycles. The van der Waals surface area contributed by atoms with Crippen molar-refractivity contribution in [2.45, 2.75) is 44.6 Å². The lowest BCUT2D eigenvalue weighted by molar-refractivity contribution is -0.143. The quantitative estimate of drug-likeness (QED) is 0.569. The summed E-state index contributed by atoms with van der Waals surface area (Å²) in [6.45, 7) is 1.63. The van der Waals surface area contributed by atoms with E-state index >= 15 is 0 Å². The van der Waals surface area contributed by atoms with Gasteiger partial charge >= 0.3 is 5.97 Å². The molecule has 172 valence electrons. The van der Waals surface area contributed by atoms with Gasteiger partial charge in [-0.3, -0.25) is 14.6 Å². The zero-order valence-electron chi connectivity index (χ0n) is 18.1. The summed E-state index contributed by atoms with van der Waals surface area (Å²) in [6, 6.07) is 9.44. The van der Waals surface area contributed by atoms with Crippen molar-refractivity contribution in [3.05, 3.63) is 40.9 Å². The lowest BCUT2D eigenvalue weighted by atomic mass is 9.87. The molecule has 1 saturated carbocycles. The number of carbonyl (C=O) groups excluding carboxylic acids is 1. The number of aliphatic carboxylic acids is 1. The number of aromatic amines is 1. The Morgan fingerprint density at radius 3 is 2.42 bits per heavy atom. The summed E-state index contributed by atoms with van der Waals surface area (Å²) in [5.74, 6) is -0.973. The Morgan fingerprint density at radius 2 is 1.76 bits per heavy atom. The number of H-pyrrole nitrogens is 1. The van der Waals surface area contributed by atoms with E-state index in [0.29, 0.717) is 59.1 Å². The third-order valence-corrected chi connectivity index (χ3v) is 6.79. The first-order valence-electron chi connectivity index (χ1n) is 11.3. The molecular weight excluding hydrogens is 444 g/mol. The van der Waals surface area contributed by atoms with Gasteiger partial charge in [0.05, 0.1) is 16.6 Å². The van der Waals surface area contributed by atoms with Crippen molar-refractivity contribution in [3.8, 4) is 17.3 Å². The Hall–Kier alpha value is -3.13. The number of halogens is 1. The van der Waals surface area contributed by atoms with Crippen LogP contribution in [-0.2, 0) is 4.79 Å². The summed E-state index contributed by atoms with van der Waals surface area (Å²) >= 11 is 6.50. The molecule has 8 nitrogen and oxygen atoms in total. The van der Waals surface area contributed by atoms with E-state index in [9.17, 15) is 9.59 Å². The van der Waals surface area contributed by atoms with Crippen LogP contribution in [0.25, 0.3) is 22.4 Å². The van der Waals surface area contributed by atoms with Crippen molar-refractivity contribution >= 4 is 34.6 Å². The van der Waals surface area contributed by atoms with Crippen LogP contribution >= 0.6 is 11.6 Å². The van der Waals surface area contributed by atoms with E-state index in [0.717, 1.165) is 31.5 Å². The highest BCUT2D eigenvalue weighted by atomic mass is 35.5. The standard InChI is InChI=1S/C24H25ClN4O4/c25-18-13-19-21(28-24(26-19)33-17-9-7-16(8-10-17)23(31)32)27-20(18)14-3-5-15(6-4-14)22(30)29-11-1-2-12-29/h3-6,13,16-17H,1-2,7-12H2,(H,31,32)(H,26,27,28)/t16-,17-. The molecular formula is C24H25ClN4O4. The van der Waals surface area contributed by atoms with Gasteiger partial charge in [0.25, 0.3) is 11.9 Å². The van der Waals surface area contributed by atoms with Crippen molar-refractivity contribution in [2.75, 3.05) is 13.1 Å². The molecule has 0 atom stereocenters. The number of likely N-dealkylation sites (tertiary alicyclic amines) is 1. The van der Waals surface area contributed by atoms with E-state index < -0.39 is 5.97 Å². The largest absolute Gasteiger partial charge is 0.481 e. The number of carbonyl (C=O) groups is 2. The average Bonchev–Trinajstić information content (AvgIpc) is 3.48. The zero-order valence-corrected chi connectivity index (χ0v) is 18.8. The molecule has 9 heteroatoms. The Kier molecular flexibility index (Phi) is 5.93. The Morgan fingerprint density at radius 1 is 1.06 bits per heavy atom. The maximum Gasteiger partial charge on any atom is 0.306 e. The number of carboxylic acid groups (broad SMARTS) is 1. The molecule has 1 amide bonds. The van der Waals surface area contributed by atoms with Crippen LogP contribution in [0.4, 0.5) is 0 Å². The van der Waals surface area contributed by atoms with Crippen LogP contribution in [0.3, 0.4) is 0 Å². The van der Waals surface area contributed by atoms with E-state index in [-0.39, 0.29) is 17.9 Å². The van der Waals surface area contributed by atoms with Crippen molar-refractivity contribution in [1.82, 2.24) is 19.9 Å². The molecule has 5 rings (SSSR count). The molecule has 2 N–H and O–H groups in total. The number of aromatic nitrogens is 3. The number of carboxylic acids is 1. The van der Waals surface area contributed by atoms with E-state index in [1.54, 1.807) is 6.07 Å². The van der Waals surface area contributed by atoms with Crippen LogP contribution in [-0.4, -0.2) is 56.0 Å². The van der Waals surface area contributed by atoms with E-state index in [1.165, 1.54) is 0 Å². The van der Waals surface area contributed by atoms with Gasteiger partial charge in [-0.25, -0.2) is 4.98 Å². The second kappa shape index (κ2) is 9.02. The third kappa shape index (κ3) is 4.53. The van der Waals surface area contributed by atoms with Gasteiger partial charge in [0, 0.05) is 24.2 Å². The summed E-state index contributed by atoms with van der Waals surface area (Å²) in [5, 5.41) is 9.61. The van der Waals surface area contributed by atoms with Gasteiger partial charge in [-0.1, -0.05) is 23.7 Å². The van der Waals surface area contributed by atoms with Gasteiger partial charge in [-0.05, 0) is 56.7 Å². The minimum atomic E-state index is -0.739. The molecule has 2 aliphatic rings. The first kappa shape index (κ1) is 21.7. The number of imidazole rings is 1. The van der Waals surface area contributed by atoms with Gasteiger partial charge in [0.15, 0.2) is 5.65 Å². The summed E-state index contributed by atoms with van der Waals surface area (Å²) in [6.07, 6.45) is 4.60. The van der Waals surface area contributed by atoms with Crippen LogP contribution in [0.15, 0.2) is 30.3 Å². The first-order chi connectivity index (χ1) is 16.0. The molecule has 1 aliphatic carbocycles. The first-order valence-corrected chi connectivity index (χ1v) is 11.7. The predicted octanol–water partition coefficient (Wildman–Crippen LogP) is 4.54. The molecule has 1 saturated heterocycles. The van der Waals surface area contributed by atoms with Crippen LogP contribution in [0, 0.1) is 5.92 Å². The van der Waals surface area contributed by atoms with Crippen molar-refractivity contribution < 1.29 is 19.4 Å². The van der Waals surface area contributed by atoms with Crippen molar-refractivity contribution in [2.24, 2.45) is 5.92 Å². The van der Waals surface area contributed by atoms with Gasteiger partial charge < -0.3 is 14.7 Å². The maximum absolute atomic E-state index is 12.6. The highest BCUT2D eigenvalue weighted by Gasteiger charge is 2.27. The fraction of sp³-hybridized carbons (Fsp3) is 0.417. The highest BCUT2D eigenvalue weighted by molar-refractivity contribution is 6.33. The SMILES string of the molecule is O=C(c1ccc(-c2nc3[nH]c(O[C@H]4CC[C@H](C(=O)O)CC4)nc3cc2Cl)cc1)N1CCCC1. The molecule has 0 radical (unpaired) electrons. The molecule has 2 aromatic heterocycles. The number of amides is 1. The fourth-order valence-electron chi connectivity index (χ4n) is 4.61. The molecule has 0 unspecified atom stereocenters. The lowest BCUT2D eigenvalue weighted by Crippen LogP contribution is -2.28. The molecule has 3 aromatic rings. The van der Waals surface area contributed by atoms with Gasteiger partial charge in [0.2, 0.25) is 0 Å². The Bertz CT molecular complexity index is 1180. The summed E-state index contributed by atoms with van der Waals surface area (Å²) in [4.78, 5) is 37.8. The van der Waals surface area contributed by atoms with E-state index in [2.05, 4.69) is 15.0 Å². The smallest absolute Gasteiger partial charge is 0.306 e. The van der Waals surface area contributed by atoms with Crippen LogP contribution in [0.2, 0.25) is 5.02 Å². The molecule has 33 heavy (non-hydrogen) atoms. The highest BCUT2D eigenvalue weighted by Crippen LogP contribution is 2.31. The molecule has 2 fully saturated rings. The summed E-state index contributed by atoms with van der Waals surface area (Å²) in [5.41, 5.74) is 3.22. The monoisotopic (exact) mass is 468 g/mol. The number of nitrogens with one attached hydrogen (secondary N) is 1. The summed E-state index contributed by atoms with van der Waals surface area (Å²) in [7, 11) is 0. The second-order valence-corrected chi connectivity index (χ2v) is 9.14. The Balaban J connectivity index is 1.32. The number of nitrogens with zero attached hydrogens (tertiary/aromatic N) is 3. The second-order valence-electron chi connectivity index (χ2n) is 8.73. The predicted molar refractivity (Wildman–Crippen MR) is 123 cm³/mol. The Labute approximate surface area is 195 Å². The van der Waals surface area contributed by atoms with Crippen LogP contribution in [0.1, 0.15) is 48.9 Å². The number of rotatable bonds is 5. The van der Waals surface area contributed by atoms with E-state index in [1.807, 2.05) is 29.2 Å². The molecule has 3 heterocycles. The van der Waals surface area contributed by atoms with Crippen molar-refractivity contribution in [1.29, 1.82) is 0 Å². The minimum absolute atomic E-state index is 0.0568. The van der Waals surface area contributed by atoms with Gasteiger partial charge in [-0.15, -0.1) is 0 Å². The number of ether oxygens (including phenoxy) is 1. The number of hydrogen-bond donors (Lipinski definition) is 2. The van der Waals surface area contributed by atoms with Crippen LogP contribution in [0.5, 0.6) is 6.01 Å². The number of benzene rings is 1. The fourth-order valence-corrected chi connectivity index (χ4v) is 4.87. The number of fused-ring (bicyclic) bond motifs is 1. The van der Waals surface area contributed by atoms with Crippen LogP contribution < -0.4 is 4.74 Å². The van der Waals surface area contributed by atoms with Crippen molar-refractivity contribution in [3.63, 3.8) is 0 Å². The molecule has 0 spiro atoms. The van der Waals surface area contributed by atoms with Gasteiger partial charge in [0.1, 0.15) is 11.6 Å². The average molecular weight is 469 g/mol. The molecule has 0 bridgehead atoms. The van der Waals surface area contributed by atoms with E-state index in [4.69, 9.17) is 21.4 Å². The molecule has 1 aromatic carbocycles. The number of pyridine rings is 1.